The maximum atomic E-state index is 11.8. The van der Waals surface area contributed by atoms with Crippen molar-refractivity contribution in [3.8, 4) is 0 Å². The Morgan fingerprint density at radius 1 is 1.00 bits per heavy atom. The number of nitrogens with zero attached hydrogens (tertiary/aromatic N) is 2. The highest BCUT2D eigenvalue weighted by molar-refractivity contribution is 5.83. The smallest absolute Gasteiger partial charge is 0.241 e. The molecule has 0 aromatic heterocycles. The van der Waals surface area contributed by atoms with Crippen LogP contribution in [-0.4, -0.2) is 49.4 Å². The van der Waals surface area contributed by atoms with Crippen LogP contribution in [0.2, 0.25) is 0 Å². The summed E-state index contributed by atoms with van der Waals surface area (Å²) in [5.41, 5.74) is 6.32. The van der Waals surface area contributed by atoms with E-state index in [9.17, 15) is 9.59 Å². The molecule has 1 aliphatic heterocycles. The van der Waals surface area contributed by atoms with Gasteiger partial charge in [0.1, 0.15) is 0 Å². The van der Waals surface area contributed by atoms with Crippen molar-refractivity contribution in [2.75, 3.05) is 37.6 Å². The van der Waals surface area contributed by atoms with Crippen LogP contribution in [0.15, 0.2) is 30.3 Å². The van der Waals surface area contributed by atoms with Crippen LogP contribution in [0.25, 0.3) is 0 Å². The van der Waals surface area contributed by atoms with Crippen molar-refractivity contribution >= 4 is 17.5 Å². The van der Waals surface area contributed by atoms with Crippen LogP contribution < -0.4 is 15.8 Å². The molecule has 0 atom stereocenters. The second-order valence-corrected chi connectivity index (χ2v) is 6.58. The fraction of sp³-hybridized carbons (Fsp3) is 0.556. The van der Waals surface area contributed by atoms with Gasteiger partial charge in [-0.05, 0) is 25.0 Å². The van der Waals surface area contributed by atoms with Crippen molar-refractivity contribution in [3.05, 3.63) is 30.3 Å². The van der Waals surface area contributed by atoms with Crippen LogP contribution in [0.5, 0.6) is 0 Å². The monoisotopic (exact) mass is 330 g/mol. The highest BCUT2D eigenvalue weighted by Crippen LogP contribution is 2.25. The number of benzene rings is 1. The zero-order valence-electron chi connectivity index (χ0n) is 14.0. The third-order valence-electron chi connectivity index (χ3n) is 4.95. The number of hydrogen-bond donors (Lipinski definition) is 2. The molecule has 2 amide bonds. The molecule has 1 heterocycles. The fourth-order valence-corrected chi connectivity index (χ4v) is 3.09. The molecule has 2 aliphatic rings. The summed E-state index contributed by atoms with van der Waals surface area (Å²) in [6.07, 6.45) is 3.40. The van der Waals surface area contributed by atoms with Gasteiger partial charge < -0.3 is 4.90 Å². The van der Waals surface area contributed by atoms with Gasteiger partial charge in [-0.15, -0.1) is 0 Å². The number of nitrogens with one attached hydrogen (secondary N) is 2. The van der Waals surface area contributed by atoms with E-state index in [4.69, 9.17) is 0 Å². The van der Waals surface area contributed by atoms with Crippen LogP contribution in [0.3, 0.4) is 0 Å². The first-order valence-corrected chi connectivity index (χ1v) is 8.83. The van der Waals surface area contributed by atoms with Crippen LogP contribution >= 0.6 is 0 Å². The Hall–Kier alpha value is -2.08. The average Bonchev–Trinajstić information content (AvgIpc) is 2.58. The highest BCUT2D eigenvalue weighted by Gasteiger charge is 2.25. The molecule has 1 saturated carbocycles. The van der Waals surface area contributed by atoms with E-state index in [0.717, 1.165) is 52.0 Å². The average molecular weight is 330 g/mol. The number of carbonyl (C=O) groups excluding carboxylic acids is 2. The predicted octanol–water partition coefficient (Wildman–Crippen LogP) is 1.15. The lowest BCUT2D eigenvalue weighted by molar-refractivity contribution is -0.133. The first-order valence-electron chi connectivity index (χ1n) is 8.83. The van der Waals surface area contributed by atoms with E-state index in [1.807, 2.05) is 6.07 Å². The Balaban J connectivity index is 1.31. The summed E-state index contributed by atoms with van der Waals surface area (Å²) < 4.78 is 0. The van der Waals surface area contributed by atoms with E-state index >= 15 is 0 Å². The van der Waals surface area contributed by atoms with E-state index in [0.29, 0.717) is 6.42 Å². The first kappa shape index (κ1) is 16.8. The Bertz CT molecular complexity index is 551. The number of para-hydroxylation sites is 1. The standard InChI is InChI=1S/C18H26N4O2/c23-17(19-20-18(24)15-5-4-6-15)9-10-21-11-13-22(14-12-21)16-7-2-1-3-8-16/h1-3,7-8,15H,4-6,9-14H2,(H,19,23)(H,20,24). The van der Waals surface area contributed by atoms with Crippen molar-refractivity contribution in [2.24, 2.45) is 5.92 Å². The summed E-state index contributed by atoms with van der Waals surface area (Å²) >= 11 is 0. The zero-order chi connectivity index (χ0) is 16.8. The summed E-state index contributed by atoms with van der Waals surface area (Å²) in [6, 6.07) is 10.4. The number of carbonyl (C=O) groups is 2. The van der Waals surface area contributed by atoms with E-state index in [1.165, 1.54) is 5.69 Å². The fourth-order valence-electron chi connectivity index (χ4n) is 3.09. The molecule has 6 nitrogen and oxygen atoms in total. The Morgan fingerprint density at radius 2 is 1.71 bits per heavy atom. The van der Waals surface area contributed by atoms with Gasteiger partial charge in [0, 0.05) is 50.7 Å². The highest BCUT2D eigenvalue weighted by atomic mass is 16.2. The number of rotatable bonds is 5. The van der Waals surface area contributed by atoms with Crippen LogP contribution in [0.4, 0.5) is 5.69 Å². The van der Waals surface area contributed by atoms with E-state index in [-0.39, 0.29) is 17.7 Å². The first-order chi connectivity index (χ1) is 11.7. The molecule has 0 unspecified atom stereocenters. The second-order valence-electron chi connectivity index (χ2n) is 6.58. The Morgan fingerprint density at radius 3 is 2.33 bits per heavy atom. The summed E-state index contributed by atoms with van der Waals surface area (Å²) in [5.74, 6) is -0.0735. The summed E-state index contributed by atoms with van der Waals surface area (Å²) in [7, 11) is 0. The van der Waals surface area contributed by atoms with E-state index in [2.05, 4.69) is 44.9 Å². The van der Waals surface area contributed by atoms with Crippen molar-refractivity contribution in [1.29, 1.82) is 0 Å². The van der Waals surface area contributed by atoms with Crippen molar-refractivity contribution in [2.45, 2.75) is 25.7 Å². The lowest BCUT2D eigenvalue weighted by atomic mass is 9.85. The third-order valence-corrected chi connectivity index (χ3v) is 4.95. The molecule has 0 spiro atoms. The number of piperazine rings is 1. The zero-order valence-corrected chi connectivity index (χ0v) is 14.0. The minimum Gasteiger partial charge on any atom is -0.369 e. The summed E-state index contributed by atoms with van der Waals surface area (Å²) in [4.78, 5) is 28.2. The van der Waals surface area contributed by atoms with Crippen molar-refractivity contribution in [3.63, 3.8) is 0 Å². The molecule has 130 valence electrons. The summed E-state index contributed by atoms with van der Waals surface area (Å²) in [5, 5.41) is 0. The minimum atomic E-state index is -0.117. The maximum absolute atomic E-state index is 11.8. The van der Waals surface area contributed by atoms with Gasteiger partial charge in [-0.2, -0.15) is 0 Å². The van der Waals surface area contributed by atoms with Crippen LogP contribution in [0.1, 0.15) is 25.7 Å². The number of anilines is 1. The van der Waals surface area contributed by atoms with Gasteiger partial charge in [0.05, 0.1) is 0 Å². The van der Waals surface area contributed by atoms with Crippen LogP contribution in [-0.2, 0) is 9.59 Å². The molecule has 24 heavy (non-hydrogen) atoms. The minimum absolute atomic E-state index is 0.0499. The lowest BCUT2D eigenvalue weighted by Gasteiger charge is -2.36. The molecule has 2 N–H and O–H groups in total. The molecule has 1 aromatic carbocycles. The predicted molar refractivity (Wildman–Crippen MR) is 93.3 cm³/mol. The maximum Gasteiger partial charge on any atom is 0.241 e. The Labute approximate surface area is 143 Å². The third kappa shape index (κ3) is 4.47. The van der Waals surface area contributed by atoms with Gasteiger partial charge in [0.15, 0.2) is 0 Å². The number of hydrogen-bond acceptors (Lipinski definition) is 4. The molecule has 2 fully saturated rings. The quantitative estimate of drug-likeness (QED) is 0.795. The van der Waals surface area contributed by atoms with Crippen LogP contribution in [0, 0.1) is 5.92 Å². The van der Waals surface area contributed by atoms with E-state index < -0.39 is 0 Å². The van der Waals surface area contributed by atoms with Gasteiger partial charge in [-0.25, -0.2) is 0 Å². The molecule has 1 aliphatic carbocycles. The molecule has 0 radical (unpaired) electrons. The molecular weight excluding hydrogens is 304 g/mol. The van der Waals surface area contributed by atoms with Crippen molar-refractivity contribution < 1.29 is 9.59 Å². The van der Waals surface area contributed by atoms with Gasteiger partial charge in [-0.3, -0.25) is 25.3 Å². The number of hydrazine groups is 1. The van der Waals surface area contributed by atoms with Gasteiger partial charge in [0.25, 0.3) is 0 Å². The Kier molecular flexibility index (Phi) is 5.69. The van der Waals surface area contributed by atoms with E-state index in [1.54, 1.807) is 0 Å². The SMILES string of the molecule is O=C(CCN1CCN(c2ccccc2)CC1)NNC(=O)C1CCC1. The second kappa shape index (κ2) is 8.15. The molecule has 3 rings (SSSR count). The summed E-state index contributed by atoms with van der Waals surface area (Å²) in [6.45, 7) is 4.59. The van der Waals surface area contributed by atoms with Gasteiger partial charge in [0.2, 0.25) is 11.8 Å². The van der Waals surface area contributed by atoms with Gasteiger partial charge in [-0.1, -0.05) is 24.6 Å². The largest absolute Gasteiger partial charge is 0.369 e. The molecule has 6 heteroatoms. The molecule has 0 bridgehead atoms. The van der Waals surface area contributed by atoms with Gasteiger partial charge >= 0.3 is 0 Å². The number of amides is 2. The molecule has 1 aromatic rings. The molecular formula is C18H26N4O2. The molecule has 1 saturated heterocycles. The lowest BCUT2D eigenvalue weighted by Crippen LogP contribution is -2.49. The normalized spacial score (nSPS) is 18.8. The topological polar surface area (TPSA) is 64.7 Å². The van der Waals surface area contributed by atoms with Crippen molar-refractivity contribution in [1.82, 2.24) is 15.8 Å².